The van der Waals surface area contributed by atoms with Crippen molar-refractivity contribution in [2.75, 3.05) is 0 Å². The van der Waals surface area contributed by atoms with Gasteiger partial charge in [0.2, 0.25) is 8.32 Å². The normalized spacial score (nSPS) is 14.9. The number of nitrogens with zero attached hydrogens (tertiary/aromatic N) is 1. The number of thiophene rings is 1. The van der Waals surface area contributed by atoms with Crippen molar-refractivity contribution in [3.05, 3.63) is 52.2 Å². The Hall–Kier alpha value is -1.08. The van der Waals surface area contributed by atoms with Gasteiger partial charge in [0.15, 0.2) is 0 Å². The fraction of sp³-hybridized carbons (Fsp3) is 0.476. The minimum atomic E-state index is -1.87. The Morgan fingerprint density at radius 1 is 1.00 bits per heavy atom. The lowest BCUT2D eigenvalue weighted by Crippen LogP contribution is -2.43. The molecule has 1 aromatic heterocycles. The third-order valence-electron chi connectivity index (χ3n) is 4.80. The van der Waals surface area contributed by atoms with Crippen LogP contribution in [-0.2, 0) is 11.4 Å². The van der Waals surface area contributed by atoms with Crippen molar-refractivity contribution in [2.24, 2.45) is 4.40 Å². The van der Waals surface area contributed by atoms with Gasteiger partial charge in [0.05, 0.1) is 0 Å². The van der Waals surface area contributed by atoms with Gasteiger partial charge < -0.3 is 8.98 Å². The van der Waals surface area contributed by atoms with E-state index in [4.69, 9.17) is 4.43 Å². The predicted octanol–water partition coefficient (Wildman–Crippen LogP) is 6.43. The van der Waals surface area contributed by atoms with E-state index in [-0.39, 0.29) is 5.04 Å². The van der Waals surface area contributed by atoms with E-state index >= 15 is 0 Å². The fourth-order valence-electron chi connectivity index (χ4n) is 2.02. The first-order chi connectivity index (χ1) is 12.3. The maximum atomic E-state index is 12.6. The van der Waals surface area contributed by atoms with Crippen LogP contribution in [0.25, 0.3) is 0 Å². The van der Waals surface area contributed by atoms with Crippen LogP contribution in [-0.4, -0.2) is 23.3 Å². The number of rotatable bonds is 5. The number of hydrogen-bond donors (Lipinski definition) is 0. The highest BCUT2D eigenvalue weighted by atomic mass is 32.2. The highest BCUT2D eigenvalue weighted by Crippen LogP contribution is 2.37. The monoisotopic (exact) mass is 421 g/mol. The van der Waals surface area contributed by atoms with Crippen LogP contribution in [0.15, 0.2) is 45.5 Å². The molecule has 0 aliphatic heterocycles. The number of hydrogen-bond acceptors (Lipinski definition) is 4. The Morgan fingerprint density at radius 3 is 2.04 bits per heavy atom. The Labute approximate surface area is 172 Å². The molecule has 0 fully saturated rings. The largest absolute Gasteiger partial charge is 0.591 e. The van der Waals surface area contributed by atoms with E-state index in [9.17, 15) is 4.55 Å². The molecule has 1 aromatic carbocycles. The Morgan fingerprint density at radius 2 is 1.59 bits per heavy atom. The molecule has 2 rings (SSSR count). The van der Waals surface area contributed by atoms with E-state index in [0.717, 1.165) is 22.6 Å². The van der Waals surface area contributed by atoms with Gasteiger partial charge in [0, 0.05) is 16.5 Å². The molecule has 0 radical (unpaired) electrons. The standard InChI is InChI=1S/C21H31NO2S2Si/c1-20(2,3)26(23)22-19(17-13-14-25-15-17)16-9-11-18(12-10-16)24-27(7,8)21(4,5)6/h9-15H,1-8H3/b22-19-. The maximum Gasteiger partial charge on any atom is 0.250 e. The summed E-state index contributed by atoms with van der Waals surface area (Å²) in [4.78, 5) is 0. The smallest absolute Gasteiger partial charge is 0.250 e. The van der Waals surface area contributed by atoms with Crippen LogP contribution in [0.2, 0.25) is 18.1 Å². The van der Waals surface area contributed by atoms with E-state index in [0.29, 0.717) is 0 Å². The van der Waals surface area contributed by atoms with Crippen LogP contribution in [0.4, 0.5) is 0 Å². The van der Waals surface area contributed by atoms with E-state index in [1.54, 1.807) is 11.3 Å². The van der Waals surface area contributed by atoms with Crippen LogP contribution in [0.1, 0.15) is 52.7 Å². The molecule has 1 atom stereocenters. The molecule has 27 heavy (non-hydrogen) atoms. The molecule has 3 nitrogen and oxygen atoms in total. The second kappa shape index (κ2) is 8.11. The first-order valence-corrected chi connectivity index (χ1v) is 14.1. The molecule has 0 saturated heterocycles. The molecule has 0 bridgehead atoms. The first-order valence-electron chi connectivity index (χ1n) is 9.14. The lowest BCUT2D eigenvalue weighted by atomic mass is 10.1. The van der Waals surface area contributed by atoms with Crippen LogP contribution in [0, 0.1) is 0 Å². The third kappa shape index (κ3) is 5.70. The van der Waals surface area contributed by atoms with Gasteiger partial charge in [-0.1, -0.05) is 25.2 Å². The minimum absolute atomic E-state index is 0.151. The summed E-state index contributed by atoms with van der Waals surface area (Å²) in [6.45, 7) is 17.0. The topological polar surface area (TPSA) is 44.7 Å². The van der Waals surface area contributed by atoms with Gasteiger partial charge in [-0.2, -0.15) is 11.3 Å². The summed E-state index contributed by atoms with van der Waals surface area (Å²) in [5, 5.41) is 4.21. The van der Waals surface area contributed by atoms with Crippen molar-refractivity contribution in [1.29, 1.82) is 0 Å². The molecule has 148 valence electrons. The molecule has 0 aliphatic carbocycles. The highest BCUT2D eigenvalue weighted by molar-refractivity contribution is 7.91. The Balaban J connectivity index is 2.35. The summed E-state index contributed by atoms with van der Waals surface area (Å²) in [6.07, 6.45) is 0. The summed E-state index contributed by atoms with van der Waals surface area (Å²) in [7, 11) is -1.87. The summed E-state index contributed by atoms with van der Waals surface area (Å²) in [5.41, 5.74) is 2.72. The van der Waals surface area contributed by atoms with Crippen molar-refractivity contribution in [3.63, 3.8) is 0 Å². The quantitative estimate of drug-likeness (QED) is 0.317. The Bertz CT molecular complexity index is 770. The average molecular weight is 422 g/mol. The van der Waals surface area contributed by atoms with Gasteiger partial charge >= 0.3 is 0 Å². The fourth-order valence-corrected chi connectivity index (χ4v) is 4.34. The van der Waals surface area contributed by atoms with E-state index in [1.165, 1.54) is 0 Å². The molecular weight excluding hydrogens is 390 g/mol. The summed E-state index contributed by atoms with van der Waals surface area (Å²) in [6, 6.07) is 10.0. The third-order valence-corrected chi connectivity index (χ3v) is 11.2. The van der Waals surface area contributed by atoms with Crippen molar-refractivity contribution in [3.8, 4) is 5.75 Å². The molecular formula is C21H31NO2S2Si. The lowest BCUT2D eigenvalue weighted by molar-refractivity contribution is 0.492. The van der Waals surface area contributed by atoms with Gasteiger partial charge in [-0.3, -0.25) is 0 Å². The van der Waals surface area contributed by atoms with E-state index in [2.05, 4.69) is 38.3 Å². The molecule has 0 saturated carbocycles. The zero-order chi connectivity index (χ0) is 20.5. The van der Waals surface area contributed by atoms with Gasteiger partial charge in [0.1, 0.15) is 27.6 Å². The minimum Gasteiger partial charge on any atom is -0.591 e. The van der Waals surface area contributed by atoms with Crippen LogP contribution in [0.3, 0.4) is 0 Å². The zero-order valence-electron chi connectivity index (χ0n) is 17.6. The predicted molar refractivity (Wildman–Crippen MR) is 122 cm³/mol. The lowest BCUT2D eigenvalue weighted by Gasteiger charge is -2.36. The molecule has 2 aromatic rings. The van der Waals surface area contributed by atoms with Crippen molar-refractivity contribution in [1.82, 2.24) is 0 Å². The molecule has 0 N–H and O–H groups in total. The van der Waals surface area contributed by atoms with Crippen LogP contribution < -0.4 is 4.43 Å². The van der Waals surface area contributed by atoms with Gasteiger partial charge in [-0.25, -0.2) is 0 Å². The summed E-state index contributed by atoms with van der Waals surface area (Å²) < 4.78 is 23.2. The SMILES string of the molecule is CC(C)(C)[S+]([O-])/N=C(/c1ccc(O[Si](C)(C)C(C)(C)C)cc1)c1ccsc1. The molecule has 0 amide bonds. The molecule has 1 heterocycles. The second-order valence-corrected chi connectivity index (χ2v) is 16.6. The first kappa shape index (κ1) is 22.2. The maximum absolute atomic E-state index is 12.6. The highest BCUT2D eigenvalue weighted by Gasteiger charge is 2.39. The average Bonchev–Trinajstić information content (AvgIpc) is 3.05. The van der Waals surface area contributed by atoms with Crippen LogP contribution >= 0.6 is 11.3 Å². The van der Waals surface area contributed by atoms with Crippen molar-refractivity contribution >= 4 is 36.7 Å². The summed E-state index contributed by atoms with van der Waals surface area (Å²) in [5.74, 6) is 0.881. The van der Waals surface area contributed by atoms with E-state index < -0.39 is 24.4 Å². The molecule has 0 aliphatic rings. The molecule has 0 spiro atoms. The van der Waals surface area contributed by atoms with Gasteiger partial charge in [-0.05, 0) is 74.6 Å². The molecule has 1 unspecified atom stereocenters. The van der Waals surface area contributed by atoms with Crippen molar-refractivity contribution < 1.29 is 8.98 Å². The van der Waals surface area contributed by atoms with Gasteiger partial charge in [0.25, 0.3) is 0 Å². The van der Waals surface area contributed by atoms with Crippen LogP contribution in [0.5, 0.6) is 5.75 Å². The Kier molecular flexibility index (Phi) is 6.67. The summed E-state index contributed by atoms with van der Waals surface area (Å²) >= 11 is 0.295. The molecule has 6 heteroatoms. The number of benzene rings is 1. The second-order valence-electron chi connectivity index (χ2n) is 9.20. The zero-order valence-corrected chi connectivity index (χ0v) is 20.3. The van der Waals surface area contributed by atoms with E-state index in [1.807, 2.05) is 61.9 Å². The van der Waals surface area contributed by atoms with Crippen molar-refractivity contribution in [2.45, 2.75) is 64.4 Å². The van der Waals surface area contributed by atoms with Gasteiger partial charge in [-0.15, -0.1) is 0 Å².